The quantitative estimate of drug-likeness (QED) is 0.374. The van der Waals surface area contributed by atoms with E-state index in [4.69, 9.17) is 11.1 Å². The first-order chi connectivity index (χ1) is 4.72. The Balaban J connectivity index is 2.39. The molecule has 1 rings (SSSR count). The Labute approximate surface area is 59.3 Å². The van der Waals surface area contributed by atoms with Crippen LogP contribution in [0.2, 0.25) is 0 Å². The van der Waals surface area contributed by atoms with E-state index in [0.29, 0.717) is 6.54 Å². The van der Waals surface area contributed by atoms with Gasteiger partial charge in [-0.2, -0.15) is 0 Å². The minimum atomic E-state index is -1.24. The summed E-state index contributed by atoms with van der Waals surface area (Å²) in [4.78, 5) is 0. The maximum Gasteiger partial charge on any atom is 0.160 e. The molecule has 2 unspecified atom stereocenters. The summed E-state index contributed by atoms with van der Waals surface area (Å²) in [5.74, 6) is -0.411. The van der Waals surface area contributed by atoms with Crippen LogP contribution in [0.5, 0.6) is 0 Å². The van der Waals surface area contributed by atoms with Gasteiger partial charge in [0.15, 0.2) is 6.17 Å². The zero-order valence-corrected chi connectivity index (χ0v) is 5.73. The fraction of sp³-hybridized carbons (Fsp3) is 0.833. The van der Waals surface area contributed by atoms with Gasteiger partial charge in [0.25, 0.3) is 0 Å². The van der Waals surface area contributed by atoms with Gasteiger partial charge in [0.1, 0.15) is 5.84 Å². The van der Waals surface area contributed by atoms with Crippen molar-refractivity contribution in [1.82, 2.24) is 5.32 Å². The lowest BCUT2D eigenvalue weighted by molar-refractivity contribution is 0.314. The van der Waals surface area contributed by atoms with Crippen molar-refractivity contribution in [3.05, 3.63) is 0 Å². The predicted molar refractivity (Wildman–Crippen MR) is 37.8 cm³/mol. The lowest BCUT2D eigenvalue weighted by atomic mass is 10.0. The van der Waals surface area contributed by atoms with E-state index in [2.05, 4.69) is 5.32 Å². The second-order valence-corrected chi connectivity index (χ2v) is 2.61. The molecule has 0 spiro atoms. The maximum absolute atomic E-state index is 12.8. The first kappa shape index (κ1) is 7.47. The maximum atomic E-state index is 12.8. The fourth-order valence-corrected chi connectivity index (χ4v) is 1.18. The highest BCUT2D eigenvalue weighted by Crippen LogP contribution is 2.14. The van der Waals surface area contributed by atoms with Gasteiger partial charge < -0.3 is 11.1 Å². The molecule has 0 bridgehead atoms. The van der Waals surface area contributed by atoms with E-state index in [1.165, 1.54) is 0 Å². The Hall–Kier alpha value is -0.640. The third-order valence-corrected chi connectivity index (χ3v) is 1.81. The summed E-state index contributed by atoms with van der Waals surface area (Å²) in [7, 11) is 0. The van der Waals surface area contributed by atoms with Crippen LogP contribution in [0, 0.1) is 11.3 Å². The van der Waals surface area contributed by atoms with Gasteiger partial charge in [-0.05, 0) is 13.0 Å². The van der Waals surface area contributed by atoms with Gasteiger partial charge in [-0.1, -0.05) is 0 Å². The summed E-state index contributed by atoms with van der Waals surface area (Å²) < 4.78 is 12.8. The van der Waals surface area contributed by atoms with Crippen LogP contribution in [-0.4, -0.2) is 25.1 Å². The molecule has 0 saturated carbocycles. The van der Waals surface area contributed by atoms with E-state index >= 15 is 0 Å². The third-order valence-electron chi connectivity index (χ3n) is 1.81. The van der Waals surface area contributed by atoms with E-state index in [1.54, 1.807) is 0 Å². The fourth-order valence-electron chi connectivity index (χ4n) is 1.18. The molecule has 4 N–H and O–H groups in total. The summed E-state index contributed by atoms with van der Waals surface area (Å²) in [6.45, 7) is 1.50. The molecule has 1 aliphatic heterocycles. The summed E-state index contributed by atoms with van der Waals surface area (Å²) in [6.07, 6.45) is -0.448. The van der Waals surface area contributed by atoms with Gasteiger partial charge in [-0.15, -0.1) is 0 Å². The van der Waals surface area contributed by atoms with E-state index in [1.807, 2.05) is 0 Å². The highest BCUT2D eigenvalue weighted by atomic mass is 19.1. The van der Waals surface area contributed by atoms with Crippen molar-refractivity contribution in [2.24, 2.45) is 11.7 Å². The van der Waals surface area contributed by atoms with Crippen molar-refractivity contribution in [3.63, 3.8) is 0 Å². The lowest BCUT2D eigenvalue weighted by Crippen LogP contribution is -2.32. The Morgan fingerprint density at radius 1 is 1.80 bits per heavy atom. The monoisotopic (exact) mass is 145 g/mol. The molecule has 10 heavy (non-hydrogen) atoms. The first-order valence-corrected chi connectivity index (χ1v) is 3.40. The van der Waals surface area contributed by atoms with Gasteiger partial charge in [-0.25, -0.2) is 4.39 Å². The van der Waals surface area contributed by atoms with Crippen molar-refractivity contribution in [3.8, 4) is 0 Å². The van der Waals surface area contributed by atoms with Gasteiger partial charge in [0.05, 0.1) is 0 Å². The molecule has 58 valence electrons. The van der Waals surface area contributed by atoms with E-state index in [9.17, 15) is 4.39 Å². The van der Waals surface area contributed by atoms with Crippen LogP contribution >= 0.6 is 0 Å². The summed E-state index contributed by atoms with van der Waals surface area (Å²) >= 11 is 0. The van der Waals surface area contributed by atoms with Crippen molar-refractivity contribution < 1.29 is 4.39 Å². The van der Waals surface area contributed by atoms with Crippen LogP contribution in [0.1, 0.15) is 6.42 Å². The van der Waals surface area contributed by atoms with Crippen LogP contribution in [0.4, 0.5) is 4.39 Å². The van der Waals surface area contributed by atoms with Crippen LogP contribution in [-0.2, 0) is 0 Å². The van der Waals surface area contributed by atoms with Crippen LogP contribution in [0.3, 0.4) is 0 Å². The van der Waals surface area contributed by atoms with Crippen molar-refractivity contribution in [2.45, 2.75) is 12.6 Å². The number of hydrogen-bond donors (Lipinski definition) is 3. The molecular formula is C6H12FN3. The standard InChI is InChI=1S/C6H12FN3/c7-5(6(8)9)4-1-2-10-3-4/h4-5,10H,1-3H2,(H3,8,9). The number of rotatable bonds is 2. The van der Waals surface area contributed by atoms with E-state index in [0.717, 1.165) is 13.0 Å². The average Bonchev–Trinajstić information content (AvgIpc) is 2.36. The minimum absolute atomic E-state index is 0.0718. The molecule has 1 heterocycles. The minimum Gasteiger partial charge on any atom is -0.385 e. The summed E-state index contributed by atoms with van der Waals surface area (Å²) in [5, 5.41) is 9.86. The zero-order chi connectivity index (χ0) is 7.56. The van der Waals surface area contributed by atoms with E-state index < -0.39 is 6.17 Å². The molecule has 0 aliphatic carbocycles. The molecule has 0 aromatic rings. The number of nitrogens with one attached hydrogen (secondary N) is 2. The van der Waals surface area contributed by atoms with E-state index in [-0.39, 0.29) is 11.8 Å². The van der Waals surface area contributed by atoms with Gasteiger partial charge in [0, 0.05) is 12.5 Å². The molecule has 4 heteroatoms. The highest BCUT2D eigenvalue weighted by Gasteiger charge is 2.26. The predicted octanol–water partition coefficient (Wildman–Crippen LogP) is -0.130. The van der Waals surface area contributed by atoms with Crippen molar-refractivity contribution in [2.75, 3.05) is 13.1 Å². The number of halogens is 1. The molecule has 0 radical (unpaired) electrons. The molecule has 1 saturated heterocycles. The number of hydrogen-bond acceptors (Lipinski definition) is 2. The number of amidine groups is 1. The molecule has 1 fully saturated rings. The summed E-state index contributed by atoms with van der Waals surface area (Å²) in [5.41, 5.74) is 5.00. The van der Waals surface area contributed by atoms with Crippen LogP contribution < -0.4 is 11.1 Å². The van der Waals surface area contributed by atoms with Crippen molar-refractivity contribution >= 4 is 5.84 Å². The molecule has 3 nitrogen and oxygen atoms in total. The molecule has 0 aromatic heterocycles. The first-order valence-electron chi connectivity index (χ1n) is 3.40. The number of alkyl halides is 1. The normalized spacial score (nSPS) is 28.3. The molecule has 0 amide bonds. The van der Waals surface area contributed by atoms with Gasteiger partial charge in [0.2, 0.25) is 0 Å². The van der Waals surface area contributed by atoms with Crippen molar-refractivity contribution in [1.29, 1.82) is 5.41 Å². The molecular weight excluding hydrogens is 133 g/mol. The molecule has 0 aromatic carbocycles. The second-order valence-electron chi connectivity index (χ2n) is 2.61. The van der Waals surface area contributed by atoms with Gasteiger partial charge >= 0.3 is 0 Å². The van der Waals surface area contributed by atoms with Crippen LogP contribution in [0.25, 0.3) is 0 Å². The highest BCUT2D eigenvalue weighted by molar-refractivity contribution is 5.81. The Kier molecular flexibility index (Phi) is 2.21. The molecule has 2 atom stereocenters. The SMILES string of the molecule is N=C(N)C(F)C1CCNC1. The molecule has 1 aliphatic rings. The van der Waals surface area contributed by atoms with Gasteiger partial charge in [-0.3, -0.25) is 5.41 Å². The second kappa shape index (κ2) is 2.96. The average molecular weight is 145 g/mol. The Morgan fingerprint density at radius 3 is 2.90 bits per heavy atom. The lowest BCUT2D eigenvalue weighted by Gasteiger charge is -2.11. The Morgan fingerprint density at radius 2 is 2.50 bits per heavy atom. The smallest absolute Gasteiger partial charge is 0.160 e. The largest absolute Gasteiger partial charge is 0.385 e. The topological polar surface area (TPSA) is 61.9 Å². The third kappa shape index (κ3) is 1.44. The summed E-state index contributed by atoms with van der Waals surface area (Å²) in [6, 6.07) is 0. The zero-order valence-electron chi connectivity index (χ0n) is 5.73. The Bertz CT molecular complexity index is 131. The van der Waals surface area contributed by atoms with Crippen LogP contribution in [0.15, 0.2) is 0 Å². The number of nitrogens with two attached hydrogens (primary N) is 1.